The molecule has 4 aromatic rings. The Morgan fingerprint density at radius 3 is 2.52 bits per heavy atom. The maximum absolute atomic E-state index is 5.47. The fourth-order valence-corrected chi connectivity index (χ4v) is 4.11. The van der Waals surface area contributed by atoms with Crippen molar-refractivity contribution in [3.05, 3.63) is 75.8 Å². The Balaban J connectivity index is 2.05. The maximum atomic E-state index is 5.47. The molecule has 0 saturated heterocycles. The van der Waals surface area contributed by atoms with Crippen LogP contribution in [0.25, 0.3) is 21.8 Å². The van der Waals surface area contributed by atoms with E-state index in [0.717, 1.165) is 16.8 Å². The summed E-state index contributed by atoms with van der Waals surface area (Å²) in [5.41, 5.74) is 6.43. The van der Waals surface area contributed by atoms with E-state index in [0.29, 0.717) is 0 Å². The fourth-order valence-electron chi connectivity index (χ4n) is 3.66. The lowest BCUT2D eigenvalue weighted by atomic mass is 10.0. The number of aryl methyl sites for hydroxylation is 2. The summed E-state index contributed by atoms with van der Waals surface area (Å²) in [4.78, 5) is 0. The smallest absolute Gasteiger partial charge is 0.119 e. The molecule has 1 heterocycles. The molecular formula is C22H20BrNO. The first-order valence-electron chi connectivity index (χ1n) is 8.39. The van der Waals surface area contributed by atoms with Gasteiger partial charge in [-0.15, -0.1) is 0 Å². The van der Waals surface area contributed by atoms with Crippen LogP contribution in [0.15, 0.2) is 59.1 Å². The van der Waals surface area contributed by atoms with Crippen molar-refractivity contribution in [3.63, 3.8) is 0 Å². The molecule has 0 amide bonds. The molecule has 1 aromatic heterocycles. The van der Waals surface area contributed by atoms with Crippen molar-refractivity contribution in [2.75, 3.05) is 7.11 Å². The lowest BCUT2D eigenvalue weighted by Crippen LogP contribution is -2.00. The van der Waals surface area contributed by atoms with Gasteiger partial charge < -0.3 is 9.30 Å². The molecule has 0 aliphatic rings. The number of hydrogen-bond donors (Lipinski definition) is 0. The summed E-state index contributed by atoms with van der Waals surface area (Å²) in [5.74, 6) is 0.898. The maximum Gasteiger partial charge on any atom is 0.119 e. The Hall–Kier alpha value is -2.26. The standard InChI is InChI=1S/C22H20BrNO/c1-14-7-8-15(2)22-21(14)19-12-18(25-3)9-10-20(19)24(22)13-16-5-4-6-17(23)11-16/h4-12H,13H2,1-3H3. The molecule has 0 aliphatic carbocycles. The molecule has 0 atom stereocenters. The first-order chi connectivity index (χ1) is 12.1. The average Bonchev–Trinajstić information content (AvgIpc) is 2.93. The first kappa shape index (κ1) is 16.2. The zero-order valence-electron chi connectivity index (χ0n) is 14.6. The number of methoxy groups -OCH3 is 1. The van der Waals surface area contributed by atoms with Crippen molar-refractivity contribution in [1.29, 1.82) is 0 Å². The van der Waals surface area contributed by atoms with Crippen LogP contribution in [0.3, 0.4) is 0 Å². The van der Waals surface area contributed by atoms with Gasteiger partial charge in [0.1, 0.15) is 5.75 Å². The molecule has 0 aliphatic heterocycles. The average molecular weight is 394 g/mol. The van der Waals surface area contributed by atoms with Gasteiger partial charge in [-0.2, -0.15) is 0 Å². The molecule has 0 spiro atoms. The summed E-state index contributed by atoms with van der Waals surface area (Å²) in [6, 6.07) is 19.3. The van der Waals surface area contributed by atoms with E-state index < -0.39 is 0 Å². The summed E-state index contributed by atoms with van der Waals surface area (Å²) in [7, 11) is 1.72. The van der Waals surface area contributed by atoms with Gasteiger partial charge in [0.2, 0.25) is 0 Å². The fraction of sp³-hybridized carbons (Fsp3) is 0.182. The second-order valence-corrected chi connectivity index (χ2v) is 7.44. The van der Waals surface area contributed by atoms with E-state index in [1.165, 1.54) is 38.5 Å². The minimum Gasteiger partial charge on any atom is -0.497 e. The normalized spacial score (nSPS) is 11.4. The highest BCUT2D eigenvalue weighted by molar-refractivity contribution is 9.10. The van der Waals surface area contributed by atoms with Gasteiger partial charge in [-0.3, -0.25) is 0 Å². The molecule has 0 radical (unpaired) electrons. The summed E-state index contributed by atoms with van der Waals surface area (Å²) in [6.45, 7) is 5.22. The SMILES string of the molecule is COc1ccc2c(c1)c1c(C)ccc(C)c1n2Cc1cccc(Br)c1. The van der Waals surface area contributed by atoms with Gasteiger partial charge in [-0.1, -0.05) is 40.2 Å². The third kappa shape index (κ3) is 2.73. The van der Waals surface area contributed by atoms with E-state index in [1.54, 1.807) is 7.11 Å². The predicted molar refractivity (Wildman–Crippen MR) is 109 cm³/mol. The Bertz CT molecular complexity index is 1090. The Morgan fingerprint density at radius 2 is 1.76 bits per heavy atom. The number of fused-ring (bicyclic) bond motifs is 3. The van der Waals surface area contributed by atoms with Gasteiger partial charge in [-0.25, -0.2) is 0 Å². The molecule has 25 heavy (non-hydrogen) atoms. The molecule has 3 heteroatoms. The van der Waals surface area contributed by atoms with Crippen molar-refractivity contribution in [3.8, 4) is 5.75 Å². The summed E-state index contributed by atoms with van der Waals surface area (Å²) in [5, 5.41) is 2.58. The van der Waals surface area contributed by atoms with Gasteiger partial charge in [0.25, 0.3) is 0 Å². The second kappa shape index (κ2) is 6.23. The van der Waals surface area contributed by atoms with Crippen LogP contribution in [0.1, 0.15) is 16.7 Å². The number of halogens is 1. The predicted octanol–water partition coefficient (Wildman–Crippen LogP) is 6.23. The van der Waals surface area contributed by atoms with Crippen LogP contribution in [0.2, 0.25) is 0 Å². The minimum atomic E-state index is 0.843. The van der Waals surface area contributed by atoms with Crippen LogP contribution >= 0.6 is 15.9 Å². The van der Waals surface area contributed by atoms with Gasteiger partial charge in [0.15, 0.2) is 0 Å². The molecule has 0 bridgehead atoms. The number of hydrogen-bond acceptors (Lipinski definition) is 1. The third-order valence-corrected chi connectivity index (χ3v) is 5.34. The molecule has 3 aromatic carbocycles. The summed E-state index contributed by atoms with van der Waals surface area (Å²) < 4.78 is 9.01. The van der Waals surface area contributed by atoms with E-state index in [9.17, 15) is 0 Å². The monoisotopic (exact) mass is 393 g/mol. The third-order valence-electron chi connectivity index (χ3n) is 4.85. The number of rotatable bonds is 3. The highest BCUT2D eigenvalue weighted by atomic mass is 79.9. The molecule has 2 nitrogen and oxygen atoms in total. The molecule has 126 valence electrons. The number of benzene rings is 3. The zero-order valence-corrected chi connectivity index (χ0v) is 16.2. The summed E-state index contributed by atoms with van der Waals surface area (Å²) in [6.07, 6.45) is 0. The van der Waals surface area contributed by atoms with E-state index in [-0.39, 0.29) is 0 Å². The van der Waals surface area contributed by atoms with Crippen LogP contribution in [-0.4, -0.2) is 11.7 Å². The number of ether oxygens (including phenoxy) is 1. The molecule has 0 fully saturated rings. The first-order valence-corrected chi connectivity index (χ1v) is 9.18. The molecule has 0 unspecified atom stereocenters. The molecule has 4 rings (SSSR count). The van der Waals surface area contributed by atoms with Crippen molar-refractivity contribution in [2.24, 2.45) is 0 Å². The van der Waals surface area contributed by atoms with Crippen LogP contribution < -0.4 is 4.74 Å². The van der Waals surface area contributed by atoms with E-state index in [2.05, 4.69) is 82.9 Å². The zero-order chi connectivity index (χ0) is 17.6. The largest absolute Gasteiger partial charge is 0.497 e. The van der Waals surface area contributed by atoms with Crippen molar-refractivity contribution < 1.29 is 4.74 Å². The Morgan fingerprint density at radius 1 is 0.960 bits per heavy atom. The quantitative estimate of drug-likeness (QED) is 0.402. The number of aromatic nitrogens is 1. The van der Waals surface area contributed by atoms with Crippen molar-refractivity contribution in [2.45, 2.75) is 20.4 Å². The van der Waals surface area contributed by atoms with Crippen LogP contribution in [0.5, 0.6) is 5.75 Å². The van der Waals surface area contributed by atoms with Crippen LogP contribution in [-0.2, 0) is 6.54 Å². The van der Waals surface area contributed by atoms with Crippen LogP contribution in [0, 0.1) is 13.8 Å². The van der Waals surface area contributed by atoms with E-state index in [1.807, 2.05) is 6.07 Å². The Kier molecular flexibility index (Phi) is 4.04. The Labute approximate surface area is 156 Å². The molecular weight excluding hydrogens is 374 g/mol. The summed E-state index contributed by atoms with van der Waals surface area (Å²) >= 11 is 3.58. The molecule has 0 saturated carbocycles. The van der Waals surface area contributed by atoms with E-state index in [4.69, 9.17) is 4.74 Å². The van der Waals surface area contributed by atoms with Gasteiger partial charge in [0.05, 0.1) is 12.6 Å². The van der Waals surface area contributed by atoms with Gasteiger partial charge in [0, 0.05) is 27.3 Å². The highest BCUT2D eigenvalue weighted by Gasteiger charge is 2.15. The lowest BCUT2D eigenvalue weighted by Gasteiger charge is -2.10. The van der Waals surface area contributed by atoms with Gasteiger partial charge in [-0.05, 0) is 60.9 Å². The number of nitrogens with zero attached hydrogens (tertiary/aromatic N) is 1. The lowest BCUT2D eigenvalue weighted by molar-refractivity contribution is 0.415. The molecule has 0 N–H and O–H groups in total. The van der Waals surface area contributed by atoms with Crippen molar-refractivity contribution >= 4 is 37.7 Å². The van der Waals surface area contributed by atoms with Crippen molar-refractivity contribution in [1.82, 2.24) is 4.57 Å². The van der Waals surface area contributed by atoms with E-state index >= 15 is 0 Å². The van der Waals surface area contributed by atoms with Gasteiger partial charge >= 0.3 is 0 Å². The highest BCUT2D eigenvalue weighted by Crippen LogP contribution is 2.36. The minimum absolute atomic E-state index is 0.843. The second-order valence-electron chi connectivity index (χ2n) is 6.52. The topological polar surface area (TPSA) is 14.2 Å². The van der Waals surface area contributed by atoms with Crippen LogP contribution in [0.4, 0.5) is 0 Å².